The summed E-state index contributed by atoms with van der Waals surface area (Å²) in [4.78, 5) is 11.8. The molecule has 0 radical (unpaired) electrons. The molecule has 1 amide bonds. The third-order valence-corrected chi connectivity index (χ3v) is 3.06. The van der Waals surface area contributed by atoms with Crippen molar-refractivity contribution >= 4 is 17.3 Å². The average Bonchev–Trinajstić information content (AvgIpc) is 2.52. The SMILES string of the molecule is CCOc1ccccc1NCCC(=O)Nc1ccc(F)cc1F. The van der Waals surface area contributed by atoms with Gasteiger partial charge in [0.05, 0.1) is 18.0 Å². The second kappa shape index (κ2) is 8.12. The van der Waals surface area contributed by atoms with Crippen LogP contribution >= 0.6 is 0 Å². The van der Waals surface area contributed by atoms with E-state index in [9.17, 15) is 13.6 Å². The lowest BCUT2D eigenvalue weighted by Crippen LogP contribution is -2.17. The zero-order valence-corrected chi connectivity index (χ0v) is 12.7. The van der Waals surface area contributed by atoms with E-state index in [1.165, 1.54) is 6.07 Å². The van der Waals surface area contributed by atoms with E-state index < -0.39 is 11.6 Å². The maximum Gasteiger partial charge on any atom is 0.226 e. The summed E-state index contributed by atoms with van der Waals surface area (Å²) in [5, 5.41) is 5.51. The summed E-state index contributed by atoms with van der Waals surface area (Å²) in [6.07, 6.45) is 0.136. The number of hydrogen-bond donors (Lipinski definition) is 2. The first-order chi connectivity index (χ1) is 11.1. The van der Waals surface area contributed by atoms with Gasteiger partial charge in [0, 0.05) is 19.0 Å². The van der Waals surface area contributed by atoms with E-state index in [-0.39, 0.29) is 18.0 Å². The standard InChI is InChI=1S/C17H18F2N2O2/c1-2-23-16-6-4-3-5-15(16)20-10-9-17(22)21-14-8-7-12(18)11-13(14)19/h3-8,11,20H,2,9-10H2,1H3,(H,21,22). The topological polar surface area (TPSA) is 50.4 Å². The van der Waals surface area contributed by atoms with E-state index >= 15 is 0 Å². The minimum Gasteiger partial charge on any atom is -0.492 e. The molecule has 4 nitrogen and oxygen atoms in total. The Hall–Kier alpha value is -2.63. The molecule has 2 aromatic carbocycles. The molecule has 0 saturated heterocycles. The smallest absolute Gasteiger partial charge is 0.226 e. The third-order valence-electron chi connectivity index (χ3n) is 3.06. The van der Waals surface area contributed by atoms with Gasteiger partial charge in [0.25, 0.3) is 0 Å². The lowest BCUT2D eigenvalue weighted by Gasteiger charge is -2.12. The molecular formula is C17H18F2N2O2. The van der Waals surface area contributed by atoms with Crippen LogP contribution in [0.4, 0.5) is 20.2 Å². The molecule has 0 aromatic heterocycles. The molecule has 23 heavy (non-hydrogen) atoms. The molecular weight excluding hydrogens is 302 g/mol. The van der Waals surface area contributed by atoms with Crippen LogP contribution in [0.5, 0.6) is 5.75 Å². The number of halogens is 2. The number of carbonyl (C=O) groups excluding carboxylic acids is 1. The van der Waals surface area contributed by atoms with Gasteiger partial charge < -0.3 is 15.4 Å². The third kappa shape index (κ3) is 4.95. The molecule has 2 N–H and O–H groups in total. The molecule has 0 saturated carbocycles. The molecule has 0 spiro atoms. The van der Waals surface area contributed by atoms with E-state index in [0.29, 0.717) is 18.9 Å². The van der Waals surface area contributed by atoms with Crippen LogP contribution < -0.4 is 15.4 Å². The summed E-state index contributed by atoms with van der Waals surface area (Å²) in [6.45, 7) is 2.79. The number of hydrogen-bond acceptors (Lipinski definition) is 3. The van der Waals surface area contributed by atoms with Crippen molar-refractivity contribution in [3.05, 3.63) is 54.1 Å². The Kier molecular flexibility index (Phi) is 5.91. The van der Waals surface area contributed by atoms with Crippen LogP contribution in [0.1, 0.15) is 13.3 Å². The van der Waals surface area contributed by atoms with E-state index in [0.717, 1.165) is 17.8 Å². The summed E-state index contributed by atoms with van der Waals surface area (Å²) in [5.74, 6) is -1.14. The molecule has 6 heteroatoms. The highest BCUT2D eigenvalue weighted by molar-refractivity contribution is 5.91. The zero-order chi connectivity index (χ0) is 16.7. The number of rotatable bonds is 7. The number of nitrogens with one attached hydrogen (secondary N) is 2. The van der Waals surface area contributed by atoms with Gasteiger partial charge >= 0.3 is 0 Å². The summed E-state index contributed by atoms with van der Waals surface area (Å²) in [6, 6.07) is 10.4. The fourth-order valence-corrected chi connectivity index (χ4v) is 2.01. The molecule has 0 aliphatic heterocycles. The number of para-hydroxylation sites is 2. The van der Waals surface area contributed by atoms with Crippen molar-refractivity contribution in [1.82, 2.24) is 0 Å². The van der Waals surface area contributed by atoms with Crippen LogP contribution in [0.25, 0.3) is 0 Å². The predicted molar refractivity (Wildman–Crippen MR) is 85.7 cm³/mol. The van der Waals surface area contributed by atoms with Crippen LogP contribution in [0.15, 0.2) is 42.5 Å². The van der Waals surface area contributed by atoms with Gasteiger partial charge in [-0.2, -0.15) is 0 Å². The van der Waals surface area contributed by atoms with E-state index in [1.807, 2.05) is 31.2 Å². The fraction of sp³-hybridized carbons (Fsp3) is 0.235. The molecule has 0 aliphatic rings. The Balaban J connectivity index is 1.85. The minimum absolute atomic E-state index is 0.0360. The molecule has 122 valence electrons. The van der Waals surface area contributed by atoms with Crippen molar-refractivity contribution in [3.8, 4) is 5.75 Å². The van der Waals surface area contributed by atoms with E-state index in [2.05, 4.69) is 10.6 Å². The number of carbonyl (C=O) groups is 1. The second-order valence-electron chi connectivity index (χ2n) is 4.78. The number of amides is 1. The highest BCUT2D eigenvalue weighted by Gasteiger charge is 2.08. The first-order valence-electron chi connectivity index (χ1n) is 7.30. The monoisotopic (exact) mass is 320 g/mol. The van der Waals surface area contributed by atoms with Crippen molar-refractivity contribution in [2.45, 2.75) is 13.3 Å². The second-order valence-corrected chi connectivity index (χ2v) is 4.78. The quantitative estimate of drug-likeness (QED) is 0.816. The fourth-order valence-electron chi connectivity index (χ4n) is 2.01. The van der Waals surface area contributed by atoms with Crippen LogP contribution in [0.3, 0.4) is 0 Å². The van der Waals surface area contributed by atoms with Gasteiger partial charge in [-0.25, -0.2) is 8.78 Å². The normalized spacial score (nSPS) is 10.2. The molecule has 0 atom stereocenters. The Morgan fingerprint density at radius 3 is 2.65 bits per heavy atom. The largest absolute Gasteiger partial charge is 0.492 e. The predicted octanol–water partition coefficient (Wildman–Crippen LogP) is 3.80. The van der Waals surface area contributed by atoms with Crippen molar-refractivity contribution in [2.75, 3.05) is 23.8 Å². The Bertz CT molecular complexity index is 677. The van der Waals surface area contributed by atoms with Gasteiger partial charge in [0.1, 0.15) is 17.4 Å². The highest BCUT2D eigenvalue weighted by atomic mass is 19.1. The zero-order valence-electron chi connectivity index (χ0n) is 12.7. The van der Waals surface area contributed by atoms with Crippen LogP contribution in [0, 0.1) is 11.6 Å². The Labute approximate surface area is 133 Å². The summed E-state index contributed by atoms with van der Waals surface area (Å²) >= 11 is 0. The number of anilines is 2. The molecule has 2 rings (SSSR count). The van der Waals surface area contributed by atoms with Gasteiger partial charge in [-0.15, -0.1) is 0 Å². The Morgan fingerprint density at radius 1 is 1.13 bits per heavy atom. The molecule has 0 aliphatic carbocycles. The van der Waals surface area contributed by atoms with E-state index in [4.69, 9.17) is 4.74 Å². The maximum atomic E-state index is 13.4. The van der Waals surface area contributed by atoms with Gasteiger partial charge in [-0.3, -0.25) is 4.79 Å². The molecule has 0 bridgehead atoms. The summed E-state index contributed by atoms with van der Waals surface area (Å²) in [7, 11) is 0. The van der Waals surface area contributed by atoms with Crippen LogP contribution in [-0.2, 0) is 4.79 Å². The van der Waals surface area contributed by atoms with Gasteiger partial charge in [-0.05, 0) is 31.2 Å². The highest BCUT2D eigenvalue weighted by Crippen LogP contribution is 2.23. The maximum absolute atomic E-state index is 13.4. The Morgan fingerprint density at radius 2 is 1.91 bits per heavy atom. The lowest BCUT2D eigenvalue weighted by atomic mass is 10.2. The van der Waals surface area contributed by atoms with Gasteiger partial charge in [0.2, 0.25) is 5.91 Å². The number of ether oxygens (including phenoxy) is 1. The molecule has 2 aromatic rings. The van der Waals surface area contributed by atoms with Gasteiger partial charge in [0.15, 0.2) is 0 Å². The summed E-state index contributed by atoms with van der Waals surface area (Å²) < 4.78 is 31.7. The van der Waals surface area contributed by atoms with Crippen molar-refractivity contribution in [2.24, 2.45) is 0 Å². The minimum atomic E-state index is -0.798. The van der Waals surface area contributed by atoms with Crippen molar-refractivity contribution < 1.29 is 18.3 Å². The first-order valence-corrected chi connectivity index (χ1v) is 7.30. The van der Waals surface area contributed by atoms with Crippen molar-refractivity contribution in [1.29, 1.82) is 0 Å². The average molecular weight is 320 g/mol. The van der Waals surface area contributed by atoms with Crippen LogP contribution in [0.2, 0.25) is 0 Å². The first kappa shape index (κ1) is 16.7. The molecule has 0 heterocycles. The molecule has 0 fully saturated rings. The number of benzene rings is 2. The van der Waals surface area contributed by atoms with Crippen molar-refractivity contribution in [3.63, 3.8) is 0 Å². The summed E-state index contributed by atoms with van der Waals surface area (Å²) in [5.41, 5.74) is 0.751. The molecule has 0 unspecified atom stereocenters. The van der Waals surface area contributed by atoms with E-state index in [1.54, 1.807) is 0 Å². The lowest BCUT2D eigenvalue weighted by molar-refractivity contribution is -0.116. The van der Waals surface area contributed by atoms with Crippen LogP contribution in [-0.4, -0.2) is 19.1 Å². The van der Waals surface area contributed by atoms with Gasteiger partial charge in [-0.1, -0.05) is 12.1 Å².